The first-order valence-corrected chi connectivity index (χ1v) is 13.2. The lowest BCUT2D eigenvalue weighted by Crippen LogP contribution is -2.46. The molecular weight excluding hydrogens is 452 g/mol. The van der Waals surface area contributed by atoms with Gasteiger partial charge in [0, 0.05) is 23.1 Å². The number of rotatable bonds is 2. The molecule has 0 spiro atoms. The summed E-state index contributed by atoms with van der Waals surface area (Å²) in [6.07, 6.45) is 3.17. The van der Waals surface area contributed by atoms with Crippen molar-refractivity contribution in [3.8, 4) is 0 Å². The van der Waals surface area contributed by atoms with Crippen LogP contribution in [0.1, 0.15) is 83.8 Å². The van der Waals surface area contributed by atoms with Gasteiger partial charge in [-0.2, -0.15) is 0 Å². The lowest BCUT2D eigenvalue weighted by atomic mass is 9.75. The number of nitrogens with one attached hydrogen (secondary N) is 1. The normalized spacial score (nSPS) is 36.0. The Kier molecular flexibility index (Phi) is 8.38. The molecule has 8 heteroatoms. The van der Waals surface area contributed by atoms with E-state index in [0.29, 0.717) is 24.3 Å². The molecule has 3 heterocycles. The standard InChI is InChI=1S/C26H40N2O5S/c1-15-8-7-9-20-26(32,28-20)24(31)22(16(2)13-19-14-34-18(4)27-19)33-21(29)10-11-25(5,6)23(30)17(3)12-15/h13-15,17,20,22,24,28,31-32H,7-12H2,1-6H3/b16-13+. The molecular formula is C26H40N2O5S. The first kappa shape index (κ1) is 27.0. The van der Waals surface area contributed by atoms with Gasteiger partial charge in [0.2, 0.25) is 0 Å². The van der Waals surface area contributed by atoms with E-state index in [-0.39, 0.29) is 24.2 Å². The van der Waals surface area contributed by atoms with E-state index < -0.39 is 29.3 Å². The molecule has 0 aliphatic carbocycles. The highest BCUT2D eigenvalue weighted by molar-refractivity contribution is 7.09. The fourth-order valence-corrected chi connectivity index (χ4v) is 5.69. The van der Waals surface area contributed by atoms with E-state index in [2.05, 4.69) is 17.2 Å². The molecule has 0 saturated carbocycles. The Morgan fingerprint density at radius 3 is 2.65 bits per heavy atom. The molecule has 0 aromatic carbocycles. The third-order valence-corrected chi connectivity index (χ3v) is 8.12. The third kappa shape index (κ3) is 6.33. The van der Waals surface area contributed by atoms with Crippen molar-refractivity contribution in [2.24, 2.45) is 17.3 Å². The molecule has 6 atom stereocenters. The molecule has 190 valence electrons. The topological polar surface area (TPSA) is 119 Å². The molecule has 2 aliphatic heterocycles. The number of aliphatic hydroxyl groups is 2. The van der Waals surface area contributed by atoms with Crippen molar-refractivity contribution < 1.29 is 24.5 Å². The largest absolute Gasteiger partial charge is 0.455 e. The number of hydrogen-bond acceptors (Lipinski definition) is 8. The number of cyclic esters (lactones) is 1. The van der Waals surface area contributed by atoms with Crippen LogP contribution in [0.5, 0.6) is 0 Å². The summed E-state index contributed by atoms with van der Waals surface area (Å²) in [5.74, 6) is -0.0276. The second-order valence-electron chi connectivity index (χ2n) is 11.0. The number of Topliss-reactive ketones (excluding diaryl/α,β-unsaturated/α-hetero) is 1. The minimum absolute atomic E-state index is 0.0581. The zero-order valence-corrected chi connectivity index (χ0v) is 22.1. The molecule has 2 fully saturated rings. The summed E-state index contributed by atoms with van der Waals surface area (Å²) in [6.45, 7) is 11.6. The van der Waals surface area contributed by atoms with Crippen molar-refractivity contribution in [2.45, 2.75) is 104 Å². The average molecular weight is 493 g/mol. The monoisotopic (exact) mass is 492 g/mol. The first-order chi connectivity index (χ1) is 15.8. The van der Waals surface area contributed by atoms with Crippen LogP contribution in [0.2, 0.25) is 0 Å². The molecule has 34 heavy (non-hydrogen) atoms. The van der Waals surface area contributed by atoms with E-state index in [1.165, 1.54) is 11.3 Å². The van der Waals surface area contributed by atoms with Gasteiger partial charge in [-0.3, -0.25) is 14.9 Å². The number of thiazole rings is 1. The maximum atomic E-state index is 13.1. The Morgan fingerprint density at radius 2 is 2.00 bits per heavy atom. The molecule has 7 nitrogen and oxygen atoms in total. The highest BCUT2D eigenvalue weighted by atomic mass is 32.1. The number of aliphatic hydroxyl groups excluding tert-OH is 1. The summed E-state index contributed by atoms with van der Waals surface area (Å²) in [6, 6.07) is -0.267. The maximum absolute atomic E-state index is 13.1. The summed E-state index contributed by atoms with van der Waals surface area (Å²) in [4.78, 5) is 30.4. The van der Waals surface area contributed by atoms with E-state index in [4.69, 9.17) is 4.74 Å². The minimum Gasteiger partial charge on any atom is -0.455 e. The van der Waals surface area contributed by atoms with E-state index in [1.54, 1.807) is 13.0 Å². The van der Waals surface area contributed by atoms with E-state index >= 15 is 0 Å². The van der Waals surface area contributed by atoms with Crippen LogP contribution >= 0.6 is 11.3 Å². The average Bonchev–Trinajstić information content (AvgIpc) is 3.25. The van der Waals surface area contributed by atoms with Gasteiger partial charge >= 0.3 is 5.97 Å². The van der Waals surface area contributed by atoms with E-state index in [9.17, 15) is 19.8 Å². The van der Waals surface area contributed by atoms with Crippen LogP contribution in [0.25, 0.3) is 6.08 Å². The highest BCUT2D eigenvalue weighted by Crippen LogP contribution is 2.37. The molecule has 2 saturated heterocycles. The van der Waals surface area contributed by atoms with Crippen molar-refractivity contribution in [2.75, 3.05) is 0 Å². The number of nitrogens with zero attached hydrogens (tertiary/aromatic N) is 1. The molecule has 6 unspecified atom stereocenters. The van der Waals surface area contributed by atoms with Gasteiger partial charge in [0.15, 0.2) is 11.8 Å². The number of hydrogen-bond donors (Lipinski definition) is 3. The predicted molar refractivity (Wildman–Crippen MR) is 133 cm³/mol. The van der Waals surface area contributed by atoms with Crippen molar-refractivity contribution >= 4 is 29.2 Å². The number of carbonyl (C=O) groups is 2. The predicted octanol–water partition coefficient (Wildman–Crippen LogP) is 4.01. The zero-order valence-electron chi connectivity index (χ0n) is 21.3. The number of carbonyl (C=O) groups excluding carboxylic acids is 2. The lowest BCUT2D eigenvalue weighted by molar-refractivity contribution is -0.159. The van der Waals surface area contributed by atoms with E-state index in [0.717, 1.165) is 30.0 Å². The van der Waals surface area contributed by atoms with E-state index in [1.807, 2.05) is 33.1 Å². The van der Waals surface area contributed by atoms with Crippen molar-refractivity contribution in [3.05, 3.63) is 21.7 Å². The Hall–Kier alpha value is -1.61. The van der Waals surface area contributed by atoms with Crippen LogP contribution in [0.4, 0.5) is 0 Å². The van der Waals surface area contributed by atoms with Gasteiger partial charge in [-0.15, -0.1) is 11.3 Å². The van der Waals surface area contributed by atoms with Gasteiger partial charge in [0.05, 0.1) is 16.7 Å². The van der Waals surface area contributed by atoms with Gasteiger partial charge in [0.25, 0.3) is 0 Å². The number of ether oxygens (including phenoxy) is 1. The molecule has 2 aliphatic rings. The molecule has 3 N–H and O–H groups in total. The molecule has 3 rings (SSSR count). The molecule has 1 aromatic rings. The van der Waals surface area contributed by atoms with Crippen molar-refractivity contribution in [1.82, 2.24) is 10.3 Å². The Bertz CT molecular complexity index is 926. The maximum Gasteiger partial charge on any atom is 0.306 e. The van der Waals surface area contributed by atoms with Gasteiger partial charge in [-0.05, 0) is 50.7 Å². The SMILES string of the molecule is C/C(=C\c1csc(C)n1)C1OC(=O)CCC(C)(C)C(=O)C(C)CC(C)CCCC2NC2(O)C1O. The van der Waals surface area contributed by atoms with Crippen LogP contribution in [0, 0.1) is 24.2 Å². The smallest absolute Gasteiger partial charge is 0.306 e. The fourth-order valence-electron chi connectivity index (χ4n) is 5.12. The van der Waals surface area contributed by atoms with Gasteiger partial charge in [-0.25, -0.2) is 4.98 Å². The summed E-state index contributed by atoms with van der Waals surface area (Å²) < 4.78 is 5.75. The molecule has 1 aromatic heterocycles. The zero-order chi connectivity index (χ0) is 25.3. The van der Waals surface area contributed by atoms with Gasteiger partial charge in [0.1, 0.15) is 11.9 Å². The molecule has 0 amide bonds. The minimum atomic E-state index is -1.50. The van der Waals surface area contributed by atoms with Crippen LogP contribution in [0.15, 0.2) is 11.0 Å². The van der Waals surface area contributed by atoms with Crippen molar-refractivity contribution in [3.63, 3.8) is 0 Å². The molecule has 0 bridgehead atoms. The number of esters is 1. The van der Waals surface area contributed by atoms with Crippen molar-refractivity contribution in [1.29, 1.82) is 0 Å². The second kappa shape index (κ2) is 10.6. The summed E-state index contributed by atoms with van der Waals surface area (Å²) in [7, 11) is 0. The van der Waals surface area contributed by atoms with Gasteiger partial charge in [-0.1, -0.05) is 40.5 Å². The number of aryl methyl sites for hydroxylation is 1. The third-order valence-electron chi connectivity index (χ3n) is 7.32. The van der Waals surface area contributed by atoms with Crippen LogP contribution in [-0.4, -0.2) is 50.9 Å². The Balaban J connectivity index is 1.85. The highest BCUT2D eigenvalue weighted by Gasteiger charge is 2.60. The number of fused-ring (bicyclic) bond motifs is 1. The summed E-state index contributed by atoms with van der Waals surface area (Å²) >= 11 is 1.51. The second-order valence-corrected chi connectivity index (χ2v) is 12.0. The fraction of sp³-hybridized carbons (Fsp3) is 0.731. The lowest BCUT2D eigenvalue weighted by Gasteiger charge is -2.30. The first-order valence-electron chi connectivity index (χ1n) is 12.4. The number of aromatic nitrogens is 1. The van der Waals surface area contributed by atoms with Crippen LogP contribution in [0.3, 0.4) is 0 Å². The van der Waals surface area contributed by atoms with Crippen LogP contribution in [-0.2, 0) is 14.3 Å². The van der Waals surface area contributed by atoms with Crippen LogP contribution < -0.4 is 5.32 Å². The number of ketones is 1. The Morgan fingerprint density at radius 1 is 1.29 bits per heavy atom. The molecule has 0 radical (unpaired) electrons. The Labute approximate surface area is 207 Å². The van der Waals surface area contributed by atoms with Gasteiger partial charge < -0.3 is 14.9 Å². The quantitative estimate of drug-likeness (QED) is 0.422. The summed E-state index contributed by atoms with van der Waals surface area (Å²) in [5.41, 5.74) is -0.822. The summed E-state index contributed by atoms with van der Waals surface area (Å²) in [5, 5.41) is 28.1.